The lowest BCUT2D eigenvalue weighted by atomic mass is 9.67. The lowest BCUT2D eigenvalue weighted by Gasteiger charge is -2.46. The molecule has 9 heteroatoms. The zero-order valence-corrected chi connectivity index (χ0v) is 22.5. The maximum Gasteiger partial charge on any atom is 0.336 e. The molecule has 0 amide bonds. The van der Waals surface area contributed by atoms with Gasteiger partial charge in [-0.2, -0.15) is 0 Å². The van der Waals surface area contributed by atoms with Gasteiger partial charge in [-0.1, -0.05) is 30.3 Å². The summed E-state index contributed by atoms with van der Waals surface area (Å²) in [5.74, 6) is -1.25. The van der Waals surface area contributed by atoms with Crippen molar-refractivity contribution in [2.75, 3.05) is 28.4 Å². The first-order chi connectivity index (χ1) is 17.8. The molecule has 2 heterocycles. The van der Waals surface area contributed by atoms with Gasteiger partial charge in [0, 0.05) is 16.6 Å². The van der Waals surface area contributed by atoms with Crippen LogP contribution in [0.4, 0.5) is 0 Å². The summed E-state index contributed by atoms with van der Waals surface area (Å²) in [5, 5.41) is 5.89. The second-order valence-corrected chi connectivity index (χ2v) is 9.73. The zero-order chi connectivity index (χ0) is 26.7. The van der Waals surface area contributed by atoms with Crippen molar-refractivity contribution in [3.8, 4) is 22.8 Å². The van der Waals surface area contributed by atoms with Crippen LogP contribution in [0.2, 0.25) is 0 Å². The molecule has 4 rings (SSSR count). The van der Waals surface area contributed by atoms with E-state index >= 15 is 0 Å². The van der Waals surface area contributed by atoms with Crippen molar-refractivity contribution in [3.63, 3.8) is 0 Å². The zero-order valence-electron chi connectivity index (χ0n) is 21.7. The van der Waals surface area contributed by atoms with Crippen molar-refractivity contribution < 1.29 is 28.5 Å². The second-order valence-electron chi connectivity index (χ2n) is 8.84. The van der Waals surface area contributed by atoms with Crippen LogP contribution in [0.25, 0.3) is 11.3 Å². The molecule has 3 atom stereocenters. The summed E-state index contributed by atoms with van der Waals surface area (Å²) in [6, 6.07) is 15.1. The summed E-state index contributed by atoms with van der Waals surface area (Å²) in [4.78, 5) is 31.5. The van der Waals surface area contributed by atoms with Crippen LogP contribution in [0.3, 0.4) is 0 Å². The topological polar surface area (TPSA) is 96.0 Å². The first-order valence-electron chi connectivity index (χ1n) is 11.7. The quantitative estimate of drug-likeness (QED) is 0.448. The molecule has 0 radical (unpaired) electrons. The van der Waals surface area contributed by atoms with Crippen molar-refractivity contribution in [1.29, 1.82) is 0 Å². The van der Waals surface area contributed by atoms with Crippen LogP contribution < -0.4 is 14.8 Å². The van der Waals surface area contributed by atoms with E-state index in [1.54, 1.807) is 14.2 Å². The average Bonchev–Trinajstić information content (AvgIpc) is 3.42. The maximum atomic E-state index is 13.5. The predicted molar refractivity (Wildman–Crippen MR) is 141 cm³/mol. The fourth-order valence-electron chi connectivity index (χ4n) is 5.03. The maximum absolute atomic E-state index is 13.5. The minimum Gasteiger partial charge on any atom is -0.497 e. The third-order valence-corrected chi connectivity index (χ3v) is 7.75. The molecule has 0 aliphatic carbocycles. The highest BCUT2D eigenvalue weighted by molar-refractivity contribution is 7.10. The van der Waals surface area contributed by atoms with Crippen LogP contribution in [-0.2, 0) is 24.6 Å². The summed E-state index contributed by atoms with van der Waals surface area (Å²) in [7, 11) is 5.86. The van der Waals surface area contributed by atoms with E-state index < -0.39 is 29.3 Å². The highest BCUT2D eigenvalue weighted by Crippen LogP contribution is 2.50. The molecule has 1 aliphatic rings. The van der Waals surface area contributed by atoms with Gasteiger partial charge in [-0.15, -0.1) is 11.3 Å². The minimum absolute atomic E-state index is 0.338. The Morgan fingerprint density at radius 2 is 1.73 bits per heavy atom. The molecular formula is C28H30N2O6S. The predicted octanol–water partition coefficient (Wildman–Crippen LogP) is 4.67. The average molecular weight is 523 g/mol. The number of hydrogen-bond acceptors (Lipinski definition) is 9. The molecule has 194 valence electrons. The number of esters is 2. The number of aromatic nitrogens is 1. The Bertz CT molecular complexity index is 1340. The van der Waals surface area contributed by atoms with Gasteiger partial charge in [-0.3, -0.25) is 4.79 Å². The van der Waals surface area contributed by atoms with Crippen LogP contribution >= 0.6 is 11.3 Å². The highest BCUT2D eigenvalue weighted by Gasteiger charge is 2.54. The van der Waals surface area contributed by atoms with E-state index in [-0.39, 0.29) is 0 Å². The summed E-state index contributed by atoms with van der Waals surface area (Å²) in [6.07, 6.45) is 0. The van der Waals surface area contributed by atoms with E-state index in [2.05, 4.69) is 5.32 Å². The van der Waals surface area contributed by atoms with Crippen molar-refractivity contribution in [2.24, 2.45) is 5.92 Å². The number of carbonyl (C=O) groups excluding carboxylic acids is 2. The molecule has 1 aliphatic heterocycles. The number of rotatable bonds is 7. The molecule has 0 fully saturated rings. The lowest BCUT2D eigenvalue weighted by molar-refractivity contribution is -0.150. The third kappa shape index (κ3) is 4.67. The fraction of sp³-hybridized carbons (Fsp3) is 0.321. The Kier molecular flexibility index (Phi) is 7.54. The number of thiazole rings is 1. The SMILES string of the molecule is COC(=O)C1=C(C)NC(C)(c2ccccc2)C(C(=O)OC)C1c1nc(-c2cc(OC)ccc2OC)cs1. The Balaban J connectivity index is 1.94. The largest absolute Gasteiger partial charge is 0.497 e. The molecule has 2 aromatic carbocycles. The van der Waals surface area contributed by atoms with E-state index in [0.717, 1.165) is 11.1 Å². The highest BCUT2D eigenvalue weighted by atomic mass is 32.1. The standard InChI is InChI=1S/C28H30N2O6S/c1-16-22(26(31)35-5)23(24(27(32)36-6)28(2,30-16)17-10-8-7-9-11-17)25-29-20(15-37-25)19-14-18(33-3)12-13-21(19)34-4/h7-15,23-24,30H,1-6H3. The van der Waals surface area contributed by atoms with E-state index in [1.807, 2.05) is 67.8 Å². The monoisotopic (exact) mass is 522 g/mol. The van der Waals surface area contributed by atoms with Crippen molar-refractivity contribution in [1.82, 2.24) is 10.3 Å². The van der Waals surface area contributed by atoms with Crippen LogP contribution in [0.15, 0.2) is 65.2 Å². The van der Waals surface area contributed by atoms with Gasteiger partial charge in [0.15, 0.2) is 0 Å². The van der Waals surface area contributed by atoms with Crippen molar-refractivity contribution >= 4 is 23.3 Å². The molecule has 1 N–H and O–H groups in total. The van der Waals surface area contributed by atoms with E-state index in [9.17, 15) is 9.59 Å². The molecule has 8 nitrogen and oxygen atoms in total. The summed E-state index contributed by atoms with van der Waals surface area (Å²) < 4.78 is 21.4. The van der Waals surface area contributed by atoms with Crippen LogP contribution in [-0.4, -0.2) is 45.4 Å². The number of hydrogen-bond donors (Lipinski definition) is 1. The van der Waals surface area contributed by atoms with Gasteiger partial charge in [0.25, 0.3) is 0 Å². The molecular weight excluding hydrogens is 492 g/mol. The van der Waals surface area contributed by atoms with E-state index in [0.29, 0.717) is 33.5 Å². The number of nitrogens with zero attached hydrogens (tertiary/aromatic N) is 1. The lowest BCUT2D eigenvalue weighted by Crippen LogP contribution is -2.55. The van der Waals surface area contributed by atoms with Crippen LogP contribution in [0.1, 0.15) is 30.3 Å². The van der Waals surface area contributed by atoms with Gasteiger partial charge >= 0.3 is 11.9 Å². The second kappa shape index (κ2) is 10.6. The Morgan fingerprint density at radius 3 is 2.35 bits per heavy atom. The van der Waals surface area contributed by atoms with Crippen LogP contribution in [0, 0.1) is 5.92 Å². The van der Waals surface area contributed by atoms with Gasteiger partial charge in [-0.25, -0.2) is 9.78 Å². The normalized spacial score (nSPS) is 21.1. The van der Waals surface area contributed by atoms with Gasteiger partial charge < -0.3 is 24.3 Å². The molecule has 1 aromatic heterocycles. The Labute approximate surface area is 220 Å². The third-order valence-electron chi connectivity index (χ3n) is 6.82. The molecule has 37 heavy (non-hydrogen) atoms. The van der Waals surface area contributed by atoms with Crippen molar-refractivity contribution in [2.45, 2.75) is 25.3 Å². The fourth-order valence-corrected chi connectivity index (χ4v) is 5.99. The number of ether oxygens (including phenoxy) is 4. The molecule has 3 unspecified atom stereocenters. The van der Waals surface area contributed by atoms with Gasteiger partial charge in [0.1, 0.15) is 16.5 Å². The van der Waals surface area contributed by atoms with Crippen molar-refractivity contribution in [3.05, 3.63) is 75.8 Å². The van der Waals surface area contributed by atoms with E-state index in [4.69, 9.17) is 23.9 Å². The molecule has 3 aromatic rings. The number of allylic oxidation sites excluding steroid dienone is 1. The summed E-state index contributed by atoms with van der Waals surface area (Å²) in [5.41, 5.74) is 2.31. The van der Waals surface area contributed by atoms with Crippen LogP contribution in [0.5, 0.6) is 11.5 Å². The minimum atomic E-state index is -0.889. The summed E-state index contributed by atoms with van der Waals surface area (Å²) in [6.45, 7) is 3.75. The molecule has 0 spiro atoms. The van der Waals surface area contributed by atoms with Gasteiger partial charge in [-0.05, 0) is 37.6 Å². The Morgan fingerprint density at radius 1 is 1.00 bits per heavy atom. The number of methoxy groups -OCH3 is 4. The molecule has 0 saturated carbocycles. The van der Waals surface area contributed by atoms with Gasteiger partial charge in [0.05, 0.1) is 57.1 Å². The van der Waals surface area contributed by atoms with Gasteiger partial charge in [0.2, 0.25) is 0 Å². The smallest absolute Gasteiger partial charge is 0.336 e. The number of carbonyl (C=O) groups is 2. The Hall–Kier alpha value is -3.85. The molecule has 0 saturated heterocycles. The first kappa shape index (κ1) is 26.2. The number of benzene rings is 2. The van der Waals surface area contributed by atoms with E-state index in [1.165, 1.54) is 25.6 Å². The molecule has 0 bridgehead atoms. The first-order valence-corrected chi connectivity index (χ1v) is 12.5. The summed E-state index contributed by atoms with van der Waals surface area (Å²) >= 11 is 1.36. The number of nitrogens with one attached hydrogen (secondary N) is 1.